The van der Waals surface area contributed by atoms with Crippen molar-refractivity contribution in [1.29, 1.82) is 0 Å². The van der Waals surface area contributed by atoms with Crippen molar-refractivity contribution >= 4 is 17.3 Å². The molecule has 0 radical (unpaired) electrons. The predicted molar refractivity (Wildman–Crippen MR) is 90.8 cm³/mol. The highest BCUT2D eigenvalue weighted by Crippen LogP contribution is 2.30. The number of anilines is 1. The maximum Gasteiger partial charge on any atom is 0.0642 e. The molecule has 3 heteroatoms. The van der Waals surface area contributed by atoms with Gasteiger partial charge in [0.15, 0.2) is 0 Å². The van der Waals surface area contributed by atoms with Crippen LogP contribution in [0.1, 0.15) is 46.6 Å². The zero-order valence-corrected chi connectivity index (χ0v) is 14.5. The Kier molecular flexibility index (Phi) is 6.35. The van der Waals surface area contributed by atoms with Gasteiger partial charge in [0.25, 0.3) is 0 Å². The van der Waals surface area contributed by atoms with E-state index in [4.69, 9.17) is 11.6 Å². The molecule has 0 aliphatic heterocycles. The van der Waals surface area contributed by atoms with Gasteiger partial charge in [0, 0.05) is 25.7 Å². The third-order valence-electron chi connectivity index (χ3n) is 3.30. The van der Waals surface area contributed by atoms with Crippen molar-refractivity contribution in [2.24, 2.45) is 5.92 Å². The third-order valence-corrected chi connectivity index (χ3v) is 3.61. The lowest BCUT2D eigenvalue weighted by atomic mass is 10.1. The molecular formula is C17H29ClN2. The number of rotatable bonds is 6. The minimum Gasteiger partial charge on any atom is -0.373 e. The minimum absolute atomic E-state index is 0.107. The number of nitrogens with zero attached hydrogens (tertiary/aromatic N) is 1. The molecule has 0 fully saturated rings. The van der Waals surface area contributed by atoms with Crippen LogP contribution >= 0.6 is 11.6 Å². The second-order valence-corrected chi connectivity index (χ2v) is 7.36. The molecule has 0 aliphatic rings. The molecule has 0 bridgehead atoms. The minimum atomic E-state index is 0.107. The summed E-state index contributed by atoms with van der Waals surface area (Å²) in [5.74, 6) is 0.705. The molecule has 0 unspecified atom stereocenters. The second kappa shape index (κ2) is 7.33. The van der Waals surface area contributed by atoms with E-state index in [0.29, 0.717) is 5.92 Å². The predicted octanol–water partition coefficient (Wildman–Crippen LogP) is 4.71. The lowest BCUT2D eigenvalue weighted by Crippen LogP contribution is -2.35. The number of halogens is 1. The highest BCUT2D eigenvalue weighted by molar-refractivity contribution is 6.33. The van der Waals surface area contributed by atoms with Gasteiger partial charge in [-0.15, -0.1) is 0 Å². The van der Waals surface area contributed by atoms with Crippen LogP contribution in [0.25, 0.3) is 0 Å². The first kappa shape index (κ1) is 17.3. The molecule has 0 aliphatic carbocycles. The van der Waals surface area contributed by atoms with Gasteiger partial charge in [-0.1, -0.05) is 37.6 Å². The summed E-state index contributed by atoms with van der Waals surface area (Å²) in [6.45, 7) is 12.9. The van der Waals surface area contributed by atoms with E-state index in [1.54, 1.807) is 0 Å². The first-order valence-corrected chi connectivity index (χ1v) is 7.82. The summed E-state index contributed by atoms with van der Waals surface area (Å²) in [4.78, 5) is 2.28. The van der Waals surface area contributed by atoms with Crippen LogP contribution in [0.15, 0.2) is 18.2 Å². The summed E-state index contributed by atoms with van der Waals surface area (Å²) in [5.41, 5.74) is 2.53. The Morgan fingerprint density at radius 3 is 2.45 bits per heavy atom. The van der Waals surface area contributed by atoms with Gasteiger partial charge in [0.2, 0.25) is 0 Å². The van der Waals surface area contributed by atoms with Gasteiger partial charge < -0.3 is 10.2 Å². The zero-order chi connectivity index (χ0) is 15.3. The molecule has 0 saturated heterocycles. The quantitative estimate of drug-likeness (QED) is 0.818. The summed E-state index contributed by atoms with van der Waals surface area (Å²) in [7, 11) is 2.13. The van der Waals surface area contributed by atoms with Crippen molar-refractivity contribution < 1.29 is 0 Å². The van der Waals surface area contributed by atoms with E-state index in [1.807, 2.05) is 12.1 Å². The van der Waals surface area contributed by atoms with Crippen molar-refractivity contribution in [1.82, 2.24) is 5.32 Å². The van der Waals surface area contributed by atoms with Gasteiger partial charge >= 0.3 is 0 Å². The second-order valence-electron chi connectivity index (χ2n) is 6.96. The molecule has 1 aromatic rings. The van der Waals surface area contributed by atoms with Gasteiger partial charge in [-0.2, -0.15) is 0 Å². The van der Waals surface area contributed by atoms with Crippen molar-refractivity contribution in [2.75, 3.05) is 18.5 Å². The molecule has 0 atom stereocenters. The van der Waals surface area contributed by atoms with Crippen LogP contribution in [0.3, 0.4) is 0 Å². The fourth-order valence-corrected chi connectivity index (χ4v) is 2.39. The van der Waals surface area contributed by atoms with E-state index < -0.39 is 0 Å². The zero-order valence-electron chi connectivity index (χ0n) is 13.8. The molecular weight excluding hydrogens is 268 g/mol. The monoisotopic (exact) mass is 296 g/mol. The number of benzene rings is 1. The van der Waals surface area contributed by atoms with E-state index in [2.05, 4.69) is 57.9 Å². The summed E-state index contributed by atoms with van der Waals surface area (Å²) in [5, 5.41) is 4.38. The molecule has 0 aromatic heterocycles. The van der Waals surface area contributed by atoms with Crippen molar-refractivity contribution in [3.8, 4) is 0 Å². The van der Waals surface area contributed by atoms with Crippen LogP contribution in [-0.4, -0.2) is 19.1 Å². The number of hydrogen-bond donors (Lipinski definition) is 1. The van der Waals surface area contributed by atoms with Crippen LogP contribution in [0, 0.1) is 5.92 Å². The highest BCUT2D eigenvalue weighted by atomic mass is 35.5. The molecule has 20 heavy (non-hydrogen) atoms. The van der Waals surface area contributed by atoms with Gasteiger partial charge in [-0.3, -0.25) is 0 Å². The smallest absolute Gasteiger partial charge is 0.0642 e. The normalized spacial score (nSPS) is 12.0. The fourth-order valence-electron chi connectivity index (χ4n) is 2.05. The Bertz CT molecular complexity index is 421. The summed E-state index contributed by atoms with van der Waals surface area (Å²) >= 11 is 6.42. The van der Waals surface area contributed by atoms with Gasteiger partial charge in [0.05, 0.1) is 10.7 Å². The lowest BCUT2D eigenvalue weighted by molar-refractivity contribution is 0.424. The molecule has 1 rings (SSSR count). The first-order chi connectivity index (χ1) is 9.20. The highest BCUT2D eigenvalue weighted by Gasteiger charge is 2.15. The first-order valence-electron chi connectivity index (χ1n) is 7.44. The lowest BCUT2D eigenvalue weighted by Gasteiger charge is -2.27. The average Bonchev–Trinajstić information content (AvgIpc) is 2.32. The van der Waals surface area contributed by atoms with E-state index >= 15 is 0 Å². The van der Waals surface area contributed by atoms with E-state index in [0.717, 1.165) is 23.8 Å². The topological polar surface area (TPSA) is 15.3 Å². The molecule has 0 saturated carbocycles. The molecule has 0 heterocycles. The fraction of sp³-hybridized carbons (Fsp3) is 0.647. The Balaban J connectivity index is 2.87. The van der Waals surface area contributed by atoms with Crippen LogP contribution in [0.2, 0.25) is 5.02 Å². The van der Waals surface area contributed by atoms with Crippen molar-refractivity contribution in [2.45, 2.75) is 53.1 Å². The third kappa shape index (κ3) is 5.72. The van der Waals surface area contributed by atoms with Crippen LogP contribution in [-0.2, 0) is 6.54 Å². The van der Waals surface area contributed by atoms with Gasteiger partial charge in [0.1, 0.15) is 0 Å². The molecule has 0 amide bonds. The van der Waals surface area contributed by atoms with Crippen LogP contribution in [0.4, 0.5) is 5.69 Å². The Morgan fingerprint density at radius 2 is 1.90 bits per heavy atom. The maximum atomic E-state index is 6.42. The van der Waals surface area contributed by atoms with Crippen molar-refractivity contribution in [3.63, 3.8) is 0 Å². The summed E-state index contributed by atoms with van der Waals surface area (Å²) in [6.07, 6.45) is 1.17. The number of para-hydroxylation sites is 1. The Hall–Kier alpha value is -0.730. The molecule has 1 N–H and O–H groups in total. The van der Waals surface area contributed by atoms with Crippen LogP contribution < -0.4 is 10.2 Å². The standard InChI is InChI=1S/C17H29ClN2/c1-13(2)10-11-20(6)16-14(8-7-9-15(16)18)12-19-17(3,4)5/h7-9,13,19H,10-12H2,1-6H3. The summed E-state index contributed by atoms with van der Waals surface area (Å²) < 4.78 is 0. The van der Waals surface area contributed by atoms with E-state index in [-0.39, 0.29) is 5.54 Å². The Labute approximate surface area is 129 Å². The molecule has 2 nitrogen and oxygen atoms in total. The van der Waals surface area contributed by atoms with Crippen LogP contribution in [0.5, 0.6) is 0 Å². The van der Waals surface area contributed by atoms with E-state index in [9.17, 15) is 0 Å². The number of nitrogens with one attached hydrogen (secondary N) is 1. The molecule has 1 aromatic carbocycles. The maximum absolute atomic E-state index is 6.42. The largest absolute Gasteiger partial charge is 0.373 e. The number of hydrogen-bond acceptors (Lipinski definition) is 2. The SMILES string of the molecule is CC(C)CCN(C)c1c(Cl)cccc1CNC(C)(C)C. The molecule has 114 valence electrons. The summed E-state index contributed by atoms with van der Waals surface area (Å²) in [6, 6.07) is 6.16. The van der Waals surface area contributed by atoms with Gasteiger partial charge in [-0.05, 0) is 44.7 Å². The van der Waals surface area contributed by atoms with Gasteiger partial charge in [-0.25, -0.2) is 0 Å². The van der Waals surface area contributed by atoms with Crippen molar-refractivity contribution in [3.05, 3.63) is 28.8 Å². The Morgan fingerprint density at radius 1 is 1.25 bits per heavy atom. The molecule has 0 spiro atoms. The van der Waals surface area contributed by atoms with E-state index in [1.165, 1.54) is 12.0 Å². The average molecular weight is 297 g/mol.